The Morgan fingerprint density at radius 2 is 2.17 bits per heavy atom. The number of hydrogen-bond acceptors (Lipinski definition) is 0. The molecule has 0 aliphatic heterocycles. The van der Waals surface area contributed by atoms with E-state index in [0.717, 1.165) is 6.42 Å². The maximum atomic E-state index is 6.08. The zero-order chi connectivity index (χ0) is 8.97. The van der Waals surface area contributed by atoms with E-state index < -0.39 is 0 Å². The molecule has 1 rings (SSSR count). The van der Waals surface area contributed by atoms with Gasteiger partial charge in [-0.3, -0.25) is 0 Å². The Hall–Kier alpha value is -0.490. The molecule has 0 saturated carbocycles. The highest BCUT2D eigenvalue weighted by molar-refractivity contribution is 6.20. The van der Waals surface area contributed by atoms with Crippen LogP contribution in [-0.4, -0.2) is 5.38 Å². The van der Waals surface area contributed by atoms with Crippen molar-refractivity contribution in [1.29, 1.82) is 0 Å². The second-order valence-electron chi connectivity index (χ2n) is 3.07. The molecule has 1 aliphatic carbocycles. The van der Waals surface area contributed by atoms with E-state index in [1.54, 1.807) is 0 Å². The van der Waals surface area contributed by atoms with Gasteiger partial charge >= 0.3 is 0 Å². The van der Waals surface area contributed by atoms with Gasteiger partial charge in [-0.1, -0.05) is 42.9 Å². The summed E-state index contributed by atoms with van der Waals surface area (Å²) in [5.74, 6) is 0.409. The summed E-state index contributed by atoms with van der Waals surface area (Å²) in [6, 6.07) is 0. The molecular formula is C11H15Cl. The average molecular weight is 183 g/mol. The van der Waals surface area contributed by atoms with E-state index in [0.29, 0.717) is 5.92 Å². The topological polar surface area (TPSA) is 0 Å². The second kappa shape index (κ2) is 4.51. The summed E-state index contributed by atoms with van der Waals surface area (Å²) in [4.78, 5) is 0. The molecule has 0 amide bonds. The van der Waals surface area contributed by atoms with Crippen molar-refractivity contribution >= 4 is 11.6 Å². The third-order valence-electron chi connectivity index (χ3n) is 2.18. The van der Waals surface area contributed by atoms with Crippen LogP contribution in [0.1, 0.15) is 20.3 Å². The van der Waals surface area contributed by atoms with Crippen LogP contribution in [0.15, 0.2) is 36.0 Å². The zero-order valence-electron chi connectivity index (χ0n) is 7.63. The molecule has 12 heavy (non-hydrogen) atoms. The zero-order valence-corrected chi connectivity index (χ0v) is 8.38. The van der Waals surface area contributed by atoms with Crippen molar-refractivity contribution in [3.63, 3.8) is 0 Å². The maximum Gasteiger partial charge on any atom is 0.0408 e. The lowest BCUT2D eigenvalue weighted by atomic mass is 9.94. The predicted molar refractivity (Wildman–Crippen MR) is 55.5 cm³/mol. The van der Waals surface area contributed by atoms with Crippen LogP contribution in [0, 0.1) is 5.92 Å². The number of alkyl halides is 1. The van der Waals surface area contributed by atoms with Gasteiger partial charge in [0.15, 0.2) is 0 Å². The quantitative estimate of drug-likeness (QED) is 0.572. The van der Waals surface area contributed by atoms with Crippen LogP contribution in [0.25, 0.3) is 0 Å². The largest absolute Gasteiger partial charge is 0.122 e. The Morgan fingerprint density at radius 1 is 1.42 bits per heavy atom. The normalized spacial score (nSPS) is 24.9. The van der Waals surface area contributed by atoms with Crippen molar-refractivity contribution < 1.29 is 0 Å². The fourth-order valence-electron chi connectivity index (χ4n) is 1.46. The van der Waals surface area contributed by atoms with Gasteiger partial charge in [-0.15, -0.1) is 11.6 Å². The van der Waals surface area contributed by atoms with E-state index in [-0.39, 0.29) is 5.38 Å². The highest BCUT2D eigenvalue weighted by Crippen LogP contribution is 2.25. The Balaban J connectivity index is 2.83. The number of allylic oxidation sites excluding steroid dienone is 6. The van der Waals surface area contributed by atoms with Crippen LogP contribution in [0.3, 0.4) is 0 Å². The summed E-state index contributed by atoms with van der Waals surface area (Å²) < 4.78 is 0. The third-order valence-corrected chi connectivity index (χ3v) is 2.45. The third kappa shape index (κ3) is 2.25. The molecule has 0 heterocycles. The molecule has 0 spiro atoms. The highest BCUT2D eigenvalue weighted by atomic mass is 35.5. The maximum absolute atomic E-state index is 6.08. The molecule has 0 bridgehead atoms. The molecule has 2 atom stereocenters. The van der Waals surface area contributed by atoms with E-state index in [9.17, 15) is 0 Å². The van der Waals surface area contributed by atoms with E-state index in [1.807, 2.05) is 6.92 Å². The highest BCUT2D eigenvalue weighted by Gasteiger charge is 2.15. The summed E-state index contributed by atoms with van der Waals surface area (Å²) in [6.07, 6.45) is 11.6. The molecule has 0 saturated heterocycles. The monoisotopic (exact) mass is 182 g/mol. The van der Waals surface area contributed by atoms with Crippen molar-refractivity contribution in [3.8, 4) is 0 Å². The first-order valence-electron chi connectivity index (χ1n) is 4.43. The summed E-state index contributed by atoms with van der Waals surface area (Å²) in [7, 11) is 0. The average Bonchev–Trinajstić information content (AvgIpc) is 2.27. The molecule has 0 aromatic rings. The van der Waals surface area contributed by atoms with Crippen LogP contribution in [0.5, 0.6) is 0 Å². The van der Waals surface area contributed by atoms with Crippen LogP contribution < -0.4 is 0 Å². The molecule has 0 fully saturated rings. The number of rotatable bonds is 2. The van der Waals surface area contributed by atoms with Gasteiger partial charge in [-0.05, 0) is 13.3 Å². The first kappa shape index (κ1) is 9.60. The molecule has 0 radical (unpaired) electrons. The smallest absolute Gasteiger partial charge is 0.0408 e. The Bertz CT molecular complexity index is 221. The van der Waals surface area contributed by atoms with Crippen molar-refractivity contribution in [2.45, 2.75) is 25.6 Å². The van der Waals surface area contributed by atoms with Gasteiger partial charge in [-0.25, -0.2) is 0 Å². The van der Waals surface area contributed by atoms with Gasteiger partial charge in [0.25, 0.3) is 0 Å². The van der Waals surface area contributed by atoms with Crippen LogP contribution in [0.2, 0.25) is 0 Å². The minimum atomic E-state index is 0.187. The Labute approximate surface area is 79.6 Å². The van der Waals surface area contributed by atoms with Gasteiger partial charge < -0.3 is 0 Å². The summed E-state index contributed by atoms with van der Waals surface area (Å²) in [5, 5.41) is 0.187. The molecule has 0 aromatic heterocycles. The van der Waals surface area contributed by atoms with Gasteiger partial charge in [0, 0.05) is 11.3 Å². The minimum absolute atomic E-state index is 0.187. The fourth-order valence-corrected chi connectivity index (χ4v) is 1.71. The first-order valence-corrected chi connectivity index (χ1v) is 4.87. The van der Waals surface area contributed by atoms with E-state index >= 15 is 0 Å². The Kier molecular flexibility index (Phi) is 3.61. The second-order valence-corrected chi connectivity index (χ2v) is 3.76. The number of halogens is 1. The summed E-state index contributed by atoms with van der Waals surface area (Å²) in [6.45, 7) is 4.22. The van der Waals surface area contributed by atoms with Crippen molar-refractivity contribution in [2.75, 3.05) is 0 Å². The molecule has 2 unspecified atom stereocenters. The minimum Gasteiger partial charge on any atom is -0.122 e. The van der Waals surface area contributed by atoms with E-state index in [1.165, 1.54) is 5.57 Å². The lowest BCUT2D eigenvalue weighted by Gasteiger charge is -2.17. The summed E-state index contributed by atoms with van der Waals surface area (Å²) in [5.41, 5.74) is 1.42. The molecule has 0 nitrogen and oxygen atoms in total. The van der Waals surface area contributed by atoms with Crippen molar-refractivity contribution in [2.24, 2.45) is 5.92 Å². The predicted octanol–water partition coefficient (Wildman–Crippen LogP) is 3.69. The molecule has 1 aliphatic rings. The van der Waals surface area contributed by atoms with Gasteiger partial charge in [-0.2, -0.15) is 0 Å². The van der Waals surface area contributed by atoms with E-state index in [4.69, 9.17) is 11.6 Å². The van der Waals surface area contributed by atoms with Crippen LogP contribution in [0.4, 0.5) is 0 Å². The lowest BCUT2D eigenvalue weighted by molar-refractivity contribution is 0.709. The van der Waals surface area contributed by atoms with Gasteiger partial charge in [0.05, 0.1) is 0 Å². The van der Waals surface area contributed by atoms with Gasteiger partial charge in [0.2, 0.25) is 0 Å². The van der Waals surface area contributed by atoms with Crippen LogP contribution >= 0.6 is 11.6 Å². The first-order chi connectivity index (χ1) is 5.75. The van der Waals surface area contributed by atoms with Crippen molar-refractivity contribution in [1.82, 2.24) is 0 Å². The standard InChI is InChI=1S/C11H15Cl/c1-3-10-7-5-4-6-8-11(10)9(2)12/h4-9,11H,3H2,1-2H3. The van der Waals surface area contributed by atoms with E-state index in [2.05, 4.69) is 37.3 Å². The molecular weight excluding hydrogens is 168 g/mol. The SMILES string of the molecule is CCC1=CC=CC=CC1C(C)Cl. The molecule has 0 aromatic carbocycles. The van der Waals surface area contributed by atoms with Crippen molar-refractivity contribution in [3.05, 3.63) is 36.0 Å². The lowest BCUT2D eigenvalue weighted by Crippen LogP contribution is -2.10. The van der Waals surface area contributed by atoms with Gasteiger partial charge in [0.1, 0.15) is 0 Å². The van der Waals surface area contributed by atoms with Crippen LogP contribution in [-0.2, 0) is 0 Å². The molecule has 0 N–H and O–H groups in total. The molecule has 1 heteroatoms. The number of hydrogen-bond donors (Lipinski definition) is 0. The molecule has 66 valence electrons. The summed E-state index contributed by atoms with van der Waals surface area (Å²) >= 11 is 6.08. The fraction of sp³-hybridized carbons (Fsp3) is 0.455. The Morgan fingerprint density at radius 3 is 2.75 bits per heavy atom.